The predicted molar refractivity (Wildman–Crippen MR) is 168 cm³/mol. The van der Waals surface area contributed by atoms with E-state index < -0.39 is 42.7 Å². The monoisotopic (exact) mass is 662 g/mol. The fraction of sp³-hybridized carbons (Fsp3) is 0.375. The van der Waals surface area contributed by atoms with Gasteiger partial charge in [0, 0.05) is 40.4 Å². The van der Waals surface area contributed by atoms with Gasteiger partial charge in [-0.05, 0) is 52.0 Å². The Hall–Kier alpha value is -4.22. The largest absolute Gasteiger partial charge is 0.494 e. The highest BCUT2D eigenvalue weighted by Crippen LogP contribution is 2.42. The number of esters is 2. The molecule has 0 saturated heterocycles. The van der Waals surface area contributed by atoms with Crippen molar-refractivity contribution in [2.24, 2.45) is 0 Å². The van der Waals surface area contributed by atoms with Crippen LogP contribution < -0.4 is 24.3 Å². The lowest BCUT2D eigenvalue weighted by Gasteiger charge is -2.29. The molecule has 13 heteroatoms. The zero-order valence-electron chi connectivity index (χ0n) is 25.8. The second-order valence-electron chi connectivity index (χ2n) is 9.63. The number of hydrogen-bond donors (Lipinski definition) is 1. The molecule has 0 radical (unpaired) electrons. The Morgan fingerprint density at radius 3 is 1.96 bits per heavy atom. The molecular formula is C32H36Cl2N2O9. The molecule has 1 N–H and O–H groups in total. The van der Waals surface area contributed by atoms with Crippen molar-refractivity contribution in [3.05, 3.63) is 75.5 Å². The van der Waals surface area contributed by atoms with Crippen LogP contribution in [0.1, 0.15) is 62.2 Å². The van der Waals surface area contributed by atoms with Gasteiger partial charge in [-0.25, -0.2) is 9.78 Å². The van der Waals surface area contributed by atoms with Crippen LogP contribution in [0.25, 0.3) is 0 Å². The molecule has 1 aromatic heterocycles. The standard InChI is InChI=1S/C32H36Cl2N2O9/c1-7-41-26-15-21(33)9-11-23(26)28(24-12-10-22(34)16-27(24)42-8-2)19(4)45-32(39)18(3)36-31(38)29-30(44-17-43-20(5)37)25(40-6)13-14-35-29/h9-16,18-19,28H,7-8,17H2,1-6H3,(H,36,38)/t18-,19-/m0/s1. The van der Waals surface area contributed by atoms with Crippen LogP contribution in [-0.2, 0) is 19.1 Å². The first-order valence-corrected chi connectivity index (χ1v) is 14.9. The summed E-state index contributed by atoms with van der Waals surface area (Å²) in [6.45, 7) is 8.40. The van der Waals surface area contributed by atoms with Crippen molar-refractivity contribution in [2.75, 3.05) is 27.1 Å². The Morgan fingerprint density at radius 1 is 0.867 bits per heavy atom. The molecule has 2 aromatic carbocycles. The van der Waals surface area contributed by atoms with Crippen LogP contribution in [0.5, 0.6) is 23.0 Å². The van der Waals surface area contributed by atoms with Crippen LogP contribution >= 0.6 is 23.2 Å². The molecule has 0 saturated carbocycles. The zero-order valence-corrected chi connectivity index (χ0v) is 27.4. The molecule has 1 heterocycles. The van der Waals surface area contributed by atoms with Gasteiger partial charge in [0.15, 0.2) is 17.2 Å². The van der Waals surface area contributed by atoms with E-state index in [4.69, 9.17) is 51.6 Å². The van der Waals surface area contributed by atoms with Gasteiger partial charge in [-0.3, -0.25) is 9.59 Å². The summed E-state index contributed by atoms with van der Waals surface area (Å²) in [5.41, 5.74) is 1.23. The molecule has 2 atom stereocenters. The van der Waals surface area contributed by atoms with E-state index in [0.29, 0.717) is 45.9 Å². The molecule has 242 valence electrons. The van der Waals surface area contributed by atoms with Gasteiger partial charge in [-0.2, -0.15) is 0 Å². The van der Waals surface area contributed by atoms with E-state index in [0.717, 1.165) is 0 Å². The van der Waals surface area contributed by atoms with Crippen LogP contribution in [0.2, 0.25) is 10.0 Å². The number of aromatic nitrogens is 1. The van der Waals surface area contributed by atoms with Gasteiger partial charge in [0.25, 0.3) is 5.91 Å². The summed E-state index contributed by atoms with van der Waals surface area (Å²) in [5.74, 6) is -1.47. The molecular weight excluding hydrogens is 627 g/mol. The minimum absolute atomic E-state index is 0.0647. The van der Waals surface area contributed by atoms with E-state index in [1.165, 1.54) is 33.2 Å². The number of carbonyl (C=O) groups is 3. The zero-order chi connectivity index (χ0) is 33.1. The lowest BCUT2D eigenvalue weighted by Crippen LogP contribution is -2.41. The smallest absolute Gasteiger partial charge is 0.328 e. The van der Waals surface area contributed by atoms with Crippen molar-refractivity contribution >= 4 is 41.0 Å². The number of methoxy groups -OCH3 is 1. The topological polar surface area (TPSA) is 132 Å². The Bertz CT molecular complexity index is 1450. The van der Waals surface area contributed by atoms with E-state index in [-0.39, 0.29) is 17.2 Å². The average molecular weight is 664 g/mol. The third-order valence-electron chi connectivity index (χ3n) is 6.46. The van der Waals surface area contributed by atoms with E-state index in [1.54, 1.807) is 31.2 Å². The van der Waals surface area contributed by atoms with Gasteiger partial charge >= 0.3 is 11.9 Å². The van der Waals surface area contributed by atoms with E-state index in [2.05, 4.69) is 10.3 Å². The first-order chi connectivity index (χ1) is 21.5. The maximum absolute atomic E-state index is 13.4. The number of pyridine rings is 1. The highest BCUT2D eigenvalue weighted by atomic mass is 35.5. The van der Waals surface area contributed by atoms with Crippen LogP contribution in [0.3, 0.4) is 0 Å². The number of hydrogen-bond acceptors (Lipinski definition) is 10. The number of rotatable bonds is 15. The van der Waals surface area contributed by atoms with Crippen LogP contribution in [0, 0.1) is 0 Å². The molecule has 3 rings (SSSR count). The maximum Gasteiger partial charge on any atom is 0.328 e. The number of carbonyl (C=O) groups excluding carboxylic acids is 3. The van der Waals surface area contributed by atoms with E-state index in [9.17, 15) is 14.4 Å². The number of nitrogens with one attached hydrogen (secondary N) is 1. The number of amides is 1. The molecule has 0 aliphatic rings. The Morgan fingerprint density at radius 2 is 1.44 bits per heavy atom. The quantitative estimate of drug-likeness (QED) is 0.153. The van der Waals surface area contributed by atoms with Gasteiger partial charge in [-0.1, -0.05) is 35.3 Å². The van der Waals surface area contributed by atoms with Gasteiger partial charge in [0.1, 0.15) is 23.6 Å². The molecule has 3 aromatic rings. The minimum atomic E-state index is -1.11. The first kappa shape index (κ1) is 35.3. The van der Waals surface area contributed by atoms with Crippen molar-refractivity contribution in [3.8, 4) is 23.0 Å². The molecule has 45 heavy (non-hydrogen) atoms. The first-order valence-electron chi connectivity index (χ1n) is 14.2. The summed E-state index contributed by atoms with van der Waals surface area (Å²) in [4.78, 5) is 41.9. The van der Waals surface area contributed by atoms with Gasteiger partial charge in [0.2, 0.25) is 6.79 Å². The number of benzene rings is 2. The summed E-state index contributed by atoms with van der Waals surface area (Å²) in [5, 5.41) is 3.54. The summed E-state index contributed by atoms with van der Waals surface area (Å²) < 4.78 is 33.3. The molecule has 0 aliphatic heterocycles. The Labute approximate surface area is 272 Å². The van der Waals surface area contributed by atoms with Gasteiger partial charge in [0.05, 0.1) is 26.2 Å². The van der Waals surface area contributed by atoms with Crippen molar-refractivity contribution in [1.29, 1.82) is 0 Å². The van der Waals surface area contributed by atoms with E-state index in [1.807, 2.05) is 26.0 Å². The highest BCUT2D eigenvalue weighted by Gasteiger charge is 2.32. The van der Waals surface area contributed by atoms with Crippen molar-refractivity contribution in [3.63, 3.8) is 0 Å². The van der Waals surface area contributed by atoms with Gasteiger partial charge in [-0.15, -0.1) is 0 Å². The minimum Gasteiger partial charge on any atom is -0.494 e. The molecule has 11 nitrogen and oxygen atoms in total. The second-order valence-corrected chi connectivity index (χ2v) is 10.5. The number of ether oxygens (including phenoxy) is 6. The SMILES string of the molecule is CCOc1cc(Cl)ccc1C(c1ccc(Cl)cc1OCC)[C@H](C)OC(=O)[C@H](C)NC(=O)c1nccc(OC)c1OCOC(C)=O. The molecule has 0 unspecified atom stereocenters. The molecule has 0 fully saturated rings. The highest BCUT2D eigenvalue weighted by molar-refractivity contribution is 6.31. The molecule has 1 amide bonds. The number of halogens is 2. The van der Waals surface area contributed by atoms with Crippen LogP contribution in [-0.4, -0.2) is 62.1 Å². The number of nitrogens with zero attached hydrogens (tertiary/aromatic N) is 1. The third kappa shape index (κ3) is 9.39. The molecule has 0 aliphatic carbocycles. The van der Waals surface area contributed by atoms with Crippen LogP contribution in [0.4, 0.5) is 0 Å². The lowest BCUT2D eigenvalue weighted by molar-refractivity contribution is -0.151. The van der Waals surface area contributed by atoms with Crippen LogP contribution in [0.15, 0.2) is 48.7 Å². The molecule has 0 spiro atoms. The predicted octanol–water partition coefficient (Wildman–Crippen LogP) is 5.98. The third-order valence-corrected chi connectivity index (χ3v) is 6.93. The summed E-state index contributed by atoms with van der Waals surface area (Å²) >= 11 is 12.6. The fourth-order valence-corrected chi connectivity index (χ4v) is 4.83. The van der Waals surface area contributed by atoms with E-state index >= 15 is 0 Å². The Kier molecular flexibility index (Phi) is 13.1. The fourth-order valence-electron chi connectivity index (χ4n) is 4.51. The summed E-state index contributed by atoms with van der Waals surface area (Å²) in [6.07, 6.45) is 0.557. The van der Waals surface area contributed by atoms with Gasteiger partial charge < -0.3 is 33.7 Å². The second kappa shape index (κ2) is 16.7. The maximum atomic E-state index is 13.4. The Balaban J connectivity index is 1.90. The lowest BCUT2D eigenvalue weighted by atomic mass is 9.85. The summed E-state index contributed by atoms with van der Waals surface area (Å²) in [7, 11) is 1.38. The summed E-state index contributed by atoms with van der Waals surface area (Å²) in [6, 6.07) is 10.8. The van der Waals surface area contributed by atoms with Crippen molar-refractivity contribution in [2.45, 2.75) is 52.7 Å². The normalized spacial score (nSPS) is 12.1. The molecule has 0 bridgehead atoms. The van der Waals surface area contributed by atoms with Crippen molar-refractivity contribution in [1.82, 2.24) is 10.3 Å². The average Bonchev–Trinajstić information content (AvgIpc) is 2.99. The van der Waals surface area contributed by atoms with Crippen molar-refractivity contribution < 1.29 is 42.8 Å².